The number of hydrogen-bond donors (Lipinski definition) is 1. The van der Waals surface area contributed by atoms with Gasteiger partial charge in [-0.1, -0.05) is 28.1 Å². The van der Waals surface area contributed by atoms with E-state index in [0.29, 0.717) is 0 Å². The van der Waals surface area contributed by atoms with Crippen molar-refractivity contribution in [2.45, 2.75) is 44.4 Å². The van der Waals surface area contributed by atoms with Crippen molar-refractivity contribution < 1.29 is 4.21 Å². The standard InChI is InChI=1S/C13H18BrNOS/c1-13(2,3)17(16)15-12-8-7-9-10(12)5-4-6-11(9)14/h4-6,12,15H,7-8H2,1-3H3/t12?,17-/m0/s1. The Bertz CT molecular complexity index is 453. The van der Waals surface area contributed by atoms with Crippen molar-refractivity contribution in [1.29, 1.82) is 0 Å². The maximum atomic E-state index is 12.1. The third-order valence-corrected chi connectivity index (χ3v) is 5.37. The van der Waals surface area contributed by atoms with Gasteiger partial charge < -0.3 is 0 Å². The van der Waals surface area contributed by atoms with Crippen molar-refractivity contribution in [2.75, 3.05) is 0 Å². The van der Waals surface area contributed by atoms with Gasteiger partial charge in [-0.3, -0.25) is 0 Å². The van der Waals surface area contributed by atoms with Gasteiger partial charge >= 0.3 is 0 Å². The molecule has 0 saturated carbocycles. The molecular formula is C13H18BrNOS. The van der Waals surface area contributed by atoms with Crippen molar-refractivity contribution in [3.05, 3.63) is 33.8 Å². The monoisotopic (exact) mass is 315 g/mol. The molecule has 1 aliphatic rings. The second kappa shape index (κ2) is 4.82. The van der Waals surface area contributed by atoms with Crippen molar-refractivity contribution in [3.8, 4) is 0 Å². The van der Waals surface area contributed by atoms with Gasteiger partial charge in [-0.15, -0.1) is 0 Å². The molecule has 1 aromatic carbocycles. The number of fused-ring (bicyclic) bond motifs is 1. The van der Waals surface area contributed by atoms with E-state index in [1.54, 1.807) is 0 Å². The molecule has 0 amide bonds. The number of hydrogen-bond acceptors (Lipinski definition) is 1. The van der Waals surface area contributed by atoms with Gasteiger partial charge in [0.15, 0.2) is 0 Å². The van der Waals surface area contributed by atoms with Gasteiger partial charge in [0.2, 0.25) is 0 Å². The van der Waals surface area contributed by atoms with Crippen LogP contribution >= 0.6 is 15.9 Å². The smallest absolute Gasteiger partial charge is 0.0975 e. The summed E-state index contributed by atoms with van der Waals surface area (Å²) in [7, 11) is -1.01. The summed E-state index contributed by atoms with van der Waals surface area (Å²) < 4.78 is 16.3. The summed E-state index contributed by atoms with van der Waals surface area (Å²) in [6.07, 6.45) is 2.08. The predicted octanol–water partition coefficient (Wildman–Crippen LogP) is 3.49. The minimum absolute atomic E-state index is 0.214. The van der Waals surface area contributed by atoms with Gasteiger partial charge in [0, 0.05) is 10.5 Å². The molecule has 4 heteroatoms. The average molecular weight is 316 g/mol. The van der Waals surface area contributed by atoms with Crippen LogP contribution in [0.25, 0.3) is 0 Å². The zero-order valence-corrected chi connectivity index (χ0v) is 12.8. The minimum atomic E-state index is -1.01. The first-order valence-electron chi connectivity index (χ1n) is 5.85. The lowest BCUT2D eigenvalue weighted by molar-refractivity contribution is 0.596. The van der Waals surface area contributed by atoms with E-state index in [4.69, 9.17) is 0 Å². The van der Waals surface area contributed by atoms with Crippen LogP contribution in [0.4, 0.5) is 0 Å². The first-order valence-corrected chi connectivity index (χ1v) is 7.79. The lowest BCUT2D eigenvalue weighted by Crippen LogP contribution is -2.35. The van der Waals surface area contributed by atoms with Crippen LogP contribution in [0.5, 0.6) is 0 Å². The summed E-state index contributed by atoms with van der Waals surface area (Å²) in [5.74, 6) is 0. The molecule has 0 aromatic heterocycles. The number of rotatable bonds is 2. The summed E-state index contributed by atoms with van der Waals surface area (Å²) >= 11 is 3.58. The molecular weight excluding hydrogens is 298 g/mol. The summed E-state index contributed by atoms with van der Waals surface area (Å²) in [6, 6.07) is 6.47. The summed E-state index contributed by atoms with van der Waals surface area (Å²) in [5.41, 5.74) is 2.65. The topological polar surface area (TPSA) is 29.1 Å². The summed E-state index contributed by atoms with van der Waals surface area (Å²) in [4.78, 5) is 0. The number of benzene rings is 1. The molecule has 0 aliphatic heterocycles. The normalized spacial score (nSPS) is 21.3. The Labute approximate surface area is 114 Å². The molecule has 0 spiro atoms. The summed E-state index contributed by atoms with van der Waals surface area (Å²) in [6.45, 7) is 5.98. The van der Waals surface area contributed by atoms with Gasteiger partial charge in [-0.25, -0.2) is 8.93 Å². The van der Waals surface area contributed by atoms with Gasteiger partial charge in [0.25, 0.3) is 0 Å². The molecule has 0 radical (unpaired) electrons. The van der Waals surface area contributed by atoms with Gasteiger partial charge in [-0.2, -0.15) is 0 Å². The first-order chi connectivity index (χ1) is 7.89. The largest absolute Gasteiger partial charge is 0.242 e. The molecule has 1 unspecified atom stereocenters. The zero-order chi connectivity index (χ0) is 12.6. The lowest BCUT2D eigenvalue weighted by Gasteiger charge is -2.22. The molecule has 17 heavy (non-hydrogen) atoms. The van der Waals surface area contributed by atoms with Crippen LogP contribution in [0.2, 0.25) is 0 Å². The second-order valence-corrected chi connectivity index (χ2v) is 8.25. The second-order valence-electron chi connectivity index (χ2n) is 5.40. The maximum Gasteiger partial charge on any atom is 0.0975 e. The van der Waals surface area contributed by atoms with Crippen LogP contribution < -0.4 is 4.72 Å². The van der Waals surface area contributed by atoms with Crippen LogP contribution in [0.15, 0.2) is 22.7 Å². The number of nitrogens with one attached hydrogen (secondary N) is 1. The molecule has 1 aromatic rings. The van der Waals surface area contributed by atoms with E-state index in [-0.39, 0.29) is 10.8 Å². The van der Waals surface area contributed by atoms with Crippen molar-refractivity contribution in [2.24, 2.45) is 0 Å². The molecule has 94 valence electrons. The Morgan fingerprint density at radius 1 is 1.41 bits per heavy atom. The van der Waals surface area contributed by atoms with E-state index in [1.165, 1.54) is 15.6 Å². The Hall–Kier alpha value is -0.190. The highest BCUT2D eigenvalue weighted by Crippen LogP contribution is 2.36. The molecule has 0 bridgehead atoms. The molecule has 2 atom stereocenters. The Morgan fingerprint density at radius 3 is 2.76 bits per heavy atom. The fourth-order valence-electron chi connectivity index (χ4n) is 2.04. The lowest BCUT2D eigenvalue weighted by atomic mass is 10.1. The predicted molar refractivity (Wildman–Crippen MR) is 76.2 cm³/mol. The molecule has 2 nitrogen and oxygen atoms in total. The van der Waals surface area contributed by atoms with E-state index in [0.717, 1.165) is 12.8 Å². The Balaban J connectivity index is 2.18. The molecule has 2 rings (SSSR count). The van der Waals surface area contributed by atoms with E-state index in [9.17, 15) is 4.21 Å². The van der Waals surface area contributed by atoms with Gasteiger partial charge in [0.05, 0.1) is 15.7 Å². The van der Waals surface area contributed by atoms with Crippen LogP contribution in [-0.4, -0.2) is 8.96 Å². The molecule has 0 saturated heterocycles. The third kappa shape index (κ3) is 2.80. The average Bonchev–Trinajstić information content (AvgIpc) is 2.62. The fraction of sp³-hybridized carbons (Fsp3) is 0.538. The van der Waals surface area contributed by atoms with Crippen LogP contribution in [0.3, 0.4) is 0 Å². The van der Waals surface area contributed by atoms with Crippen LogP contribution in [0.1, 0.15) is 44.4 Å². The molecule has 1 aliphatic carbocycles. The minimum Gasteiger partial charge on any atom is -0.242 e. The van der Waals surface area contributed by atoms with Crippen LogP contribution in [-0.2, 0) is 17.4 Å². The highest BCUT2D eigenvalue weighted by Gasteiger charge is 2.28. The van der Waals surface area contributed by atoms with Crippen molar-refractivity contribution >= 4 is 26.9 Å². The first kappa shape index (κ1) is 13.2. The van der Waals surface area contributed by atoms with E-state index < -0.39 is 11.0 Å². The number of halogens is 1. The summed E-state index contributed by atoms with van der Waals surface area (Å²) in [5, 5.41) is 0. The van der Waals surface area contributed by atoms with Crippen LogP contribution in [0, 0.1) is 0 Å². The molecule has 1 N–H and O–H groups in total. The van der Waals surface area contributed by atoms with E-state index in [1.807, 2.05) is 26.8 Å². The molecule has 0 heterocycles. The fourth-order valence-corrected chi connectivity index (χ4v) is 3.47. The van der Waals surface area contributed by atoms with Gasteiger partial charge in [0.1, 0.15) is 0 Å². The van der Waals surface area contributed by atoms with Crippen molar-refractivity contribution in [1.82, 2.24) is 4.72 Å². The third-order valence-electron chi connectivity index (χ3n) is 3.02. The maximum absolute atomic E-state index is 12.1. The molecule has 0 fully saturated rings. The highest BCUT2D eigenvalue weighted by atomic mass is 79.9. The Kier molecular flexibility index (Phi) is 3.76. The van der Waals surface area contributed by atoms with E-state index >= 15 is 0 Å². The Morgan fingerprint density at radius 2 is 2.12 bits per heavy atom. The van der Waals surface area contributed by atoms with E-state index in [2.05, 4.69) is 32.8 Å². The van der Waals surface area contributed by atoms with Gasteiger partial charge in [-0.05, 0) is 50.8 Å². The SMILES string of the molecule is CC(C)(C)[S@](=O)NC1CCc2c(Br)cccc21. The highest BCUT2D eigenvalue weighted by molar-refractivity contribution is 9.10. The van der Waals surface area contributed by atoms with Crippen molar-refractivity contribution in [3.63, 3.8) is 0 Å². The zero-order valence-electron chi connectivity index (χ0n) is 10.4. The quantitative estimate of drug-likeness (QED) is 0.889.